The number of rotatable bonds is 6. The maximum atomic E-state index is 12.6. The number of ether oxygens (including phenoxy) is 2. The number of carbonyl (C=O) groups is 1. The molecule has 1 aromatic heterocycles. The van der Waals surface area contributed by atoms with Gasteiger partial charge in [0.1, 0.15) is 11.5 Å². The van der Waals surface area contributed by atoms with Crippen LogP contribution in [0.15, 0.2) is 22.7 Å². The fourth-order valence-corrected chi connectivity index (χ4v) is 2.42. The highest BCUT2D eigenvalue weighted by atomic mass is 35.5. The van der Waals surface area contributed by atoms with E-state index >= 15 is 0 Å². The summed E-state index contributed by atoms with van der Waals surface area (Å²) in [6.45, 7) is 4.44. The third kappa shape index (κ3) is 3.96. The van der Waals surface area contributed by atoms with Gasteiger partial charge in [0.25, 0.3) is 5.91 Å². The Balaban J connectivity index is 2.22. The van der Waals surface area contributed by atoms with Crippen molar-refractivity contribution in [1.29, 1.82) is 0 Å². The minimum absolute atomic E-state index is 0.200. The number of aryl methyl sites for hydroxylation is 1. The average molecular weight is 339 g/mol. The Morgan fingerprint density at radius 3 is 2.70 bits per heavy atom. The number of benzene rings is 1. The van der Waals surface area contributed by atoms with E-state index in [0.29, 0.717) is 46.7 Å². The Morgan fingerprint density at radius 2 is 2.13 bits per heavy atom. The van der Waals surface area contributed by atoms with Crippen molar-refractivity contribution in [3.63, 3.8) is 0 Å². The van der Waals surface area contributed by atoms with Crippen molar-refractivity contribution in [2.45, 2.75) is 20.4 Å². The quantitative estimate of drug-likeness (QED) is 0.808. The van der Waals surface area contributed by atoms with Gasteiger partial charge in [0, 0.05) is 18.7 Å². The van der Waals surface area contributed by atoms with E-state index in [0.717, 1.165) is 0 Å². The number of hydrogen-bond acceptors (Lipinski definition) is 5. The van der Waals surface area contributed by atoms with Gasteiger partial charge in [-0.15, -0.1) is 0 Å². The molecule has 1 heterocycles. The highest BCUT2D eigenvalue weighted by molar-refractivity contribution is 6.32. The van der Waals surface area contributed by atoms with Gasteiger partial charge in [-0.25, -0.2) is 0 Å². The van der Waals surface area contributed by atoms with Crippen LogP contribution in [0, 0.1) is 6.92 Å². The molecule has 124 valence electrons. The molecule has 1 aromatic carbocycles. The lowest BCUT2D eigenvalue weighted by atomic mass is 10.1. The lowest BCUT2D eigenvalue weighted by Gasteiger charge is -2.18. The second kappa shape index (κ2) is 7.37. The highest BCUT2D eigenvalue weighted by Gasteiger charge is 2.19. The van der Waals surface area contributed by atoms with E-state index in [1.54, 1.807) is 32.2 Å². The molecule has 0 spiro atoms. The third-order valence-electron chi connectivity index (χ3n) is 3.19. The average Bonchev–Trinajstić information content (AvgIpc) is 2.93. The summed E-state index contributed by atoms with van der Waals surface area (Å²) in [6, 6.07) is 4.97. The number of hydrogen-bond donors (Lipinski definition) is 0. The SMILES string of the molecule is CCOc1c(Cl)cc(C(=O)N(C)Cc2cc(C)on2)cc1OC. The Kier molecular flexibility index (Phi) is 5.50. The summed E-state index contributed by atoms with van der Waals surface area (Å²) in [5.41, 5.74) is 1.10. The van der Waals surface area contributed by atoms with Crippen LogP contribution in [0.4, 0.5) is 0 Å². The summed E-state index contributed by atoms with van der Waals surface area (Å²) in [5, 5.41) is 4.22. The maximum Gasteiger partial charge on any atom is 0.254 e. The molecule has 1 amide bonds. The number of carbonyl (C=O) groups excluding carboxylic acids is 1. The predicted molar refractivity (Wildman–Crippen MR) is 86.2 cm³/mol. The highest BCUT2D eigenvalue weighted by Crippen LogP contribution is 2.36. The van der Waals surface area contributed by atoms with Gasteiger partial charge in [-0.2, -0.15) is 0 Å². The van der Waals surface area contributed by atoms with Gasteiger partial charge in [-0.1, -0.05) is 16.8 Å². The van der Waals surface area contributed by atoms with Crippen LogP contribution in [0.3, 0.4) is 0 Å². The lowest BCUT2D eigenvalue weighted by molar-refractivity contribution is 0.0781. The molecule has 0 aliphatic carbocycles. The monoisotopic (exact) mass is 338 g/mol. The molecular weight excluding hydrogens is 320 g/mol. The van der Waals surface area contributed by atoms with Crippen LogP contribution in [0.1, 0.15) is 28.7 Å². The van der Waals surface area contributed by atoms with E-state index in [2.05, 4.69) is 5.16 Å². The first-order valence-corrected chi connectivity index (χ1v) is 7.52. The molecule has 0 bridgehead atoms. The summed E-state index contributed by atoms with van der Waals surface area (Å²) < 4.78 is 15.7. The molecule has 0 N–H and O–H groups in total. The smallest absolute Gasteiger partial charge is 0.254 e. The van der Waals surface area contributed by atoms with Crippen molar-refractivity contribution in [2.24, 2.45) is 0 Å². The van der Waals surface area contributed by atoms with Gasteiger partial charge in [0.05, 0.1) is 25.3 Å². The molecule has 6 nitrogen and oxygen atoms in total. The number of aromatic nitrogens is 1. The second-order valence-electron chi connectivity index (χ2n) is 5.01. The number of amides is 1. The summed E-state index contributed by atoms with van der Waals surface area (Å²) in [6.07, 6.45) is 0. The van der Waals surface area contributed by atoms with Crippen molar-refractivity contribution in [1.82, 2.24) is 10.1 Å². The number of methoxy groups -OCH3 is 1. The van der Waals surface area contributed by atoms with E-state index < -0.39 is 0 Å². The Hall–Kier alpha value is -2.21. The molecule has 2 rings (SSSR count). The summed E-state index contributed by atoms with van der Waals surface area (Å²) in [5.74, 6) is 1.36. The third-order valence-corrected chi connectivity index (χ3v) is 3.47. The standard InChI is InChI=1S/C16H19ClN2O4/c1-5-22-15-13(17)7-11(8-14(15)21-4)16(20)19(3)9-12-6-10(2)23-18-12/h6-8H,5,9H2,1-4H3. The first-order valence-electron chi connectivity index (χ1n) is 7.14. The molecule has 0 aliphatic rings. The summed E-state index contributed by atoms with van der Waals surface area (Å²) in [4.78, 5) is 14.1. The topological polar surface area (TPSA) is 64.8 Å². The van der Waals surface area contributed by atoms with Crippen molar-refractivity contribution in [3.05, 3.63) is 40.2 Å². The molecule has 0 aliphatic heterocycles. The molecule has 0 atom stereocenters. The Labute approximate surface area is 139 Å². The van der Waals surface area contributed by atoms with Crippen LogP contribution in [-0.2, 0) is 6.54 Å². The van der Waals surface area contributed by atoms with Crippen LogP contribution < -0.4 is 9.47 Å². The zero-order valence-corrected chi connectivity index (χ0v) is 14.3. The molecular formula is C16H19ClN2O4. The van der Waals surface area contributed by atoms with E-state index in [1.807, 2.05) is 6.92 Å². The van der Waals surface area contributed by atoms with Crippen molar-refractivity contribution >= 4 is 17.5 Å². The minimum atomic E-state index is -0.200. The first kappa shape index (κ1) is 17.1. The molecule has 0 saturated carbocycles. The predicted octanol–water partition coefficient (Wildman–Crippen LogP) is 3.32. The van der Waals surface area contributed by atoms with E-state index in [-0.39, 0.29) is 5.91 Å². The molecule has 7 heteroatoms. The minimum Gasteiger partial charge on any atom is -0.493 e. The van der Waals surface area contributed by atoms with Crippen molar-refractivity contribution < 1.29 is 18.8 Å². The van der Waals surface area contributed by atoms with Crippen LogP contribution in [-0.4, -0.2) is 36.7 Å². The number of halogens is 1. The largest absolute Gasteiger partial charge is 0.493 e. The molecule has 0 unspecified atom stereocenters. The van der Waals surface area contributed by atoms with Crippen LogP contribution in [0.5, 0.6) is 11.5 Å². The van der Waals surface area contributed by atoms with Gasteiger partial charge < -0.3 is 18.9 Å². The number of nitrogens with zero attached hydrogens (tertiary/aromatic N) is 2. The van der Waals surface area contributed by atoms with Crippen molar-refractivity contribution in [3.8, 4) is 11.5 Å². The van der Waals surface area contributed by atoms with E-state index in [1.165, 1.54) is 12.0 Å². The zero-order valence-electron chi connectivity index (χ0n) is 13.6. The fraction of sp³-hybridized carbons (Fsp3) is 0.375. The fourth-order valence-electron chi connectivity index (χ4n) is 2.16. The zero-order chi connectivity index (χ0) is 17.0. The van der Waals surface area contributed by atoms with Crippen molar-refractivity contribution in [2.75, 3.05) is 20.8 Å². The Bertz CT molecular complexity index is 699. The Morgan fingerprint density at radius 1 is 1.39 bits per heavy atom. The summed E-state index contributed by atoms with van der Waals surface area (Å²) >= 11 is 6.20. The van der Waals surface area contributed by atoms with Gasteiger partial charge in [0.15, 0.2) is 11.5 Å². The van der Waals surface area contributed by atoms with Crippen LogP contribution in [0.25, 0.3) is 0 Å². The van der Waals surface area contributed by atoms with Gasteiger partial charge in [-0.3, -0.25) is 4.79 Å². The van der Waals surface area contributed by atoms with Gasteiger partial charge in [-0.05, 0) is 26.0 Å². The van der Waals surface area contributed by atoms with Crippen LogP contribution >= 0.6 is 11.6 Å². The lowest BCUT2D eigenvalue weighted by Crippen LogP contribution is -2.26. The first-order chi connectivity index (χ1) is 11.0. The molecule has 23 heavy (non-hydrogen) atoms. The normalized spacial score (nSPS) is 10.5. The second-order valence-corrected chi connectivity index (χ2v) is 5.42. The molecule has 2 aromatic rings. The van der Waals surface area contributed by atoms with E-state index in [9.17, 15) is 4.79 Å². The molecule has 0 radical (unpaired) electrons. The van der Waals surface area contributed by atoms with Gasteiger partial charge >= 0.3 is 0 Å². The van der Waals surface area contributed by atoms with Gasteiger partial charge in [0.2, 0.25) is 0 Å². The maximum absolute atomic E-state index is 12.6. The summed E-state index contributed by atoms with van der Waals surface area (Å²) in [7, 11) is 3.19. The molecule has 0 saturated heterocycles. The molecule has 0 fully saturated rings. The van der Waals surface area contributed by atoms with E-state index in [4.69, 9.17) is 25.6 Å². The van der Waals surface area contributed by atoms with Crippen LogP contribution in [0.2, 0.25) is 5.02 Å².